The minimum Gasteiger partial charge on any atom is -0.368 e. The monoisotopic (exact) mass is 396 g/mol. The maximum Gasteiger partial charge on any atom is 0.199 e. The molecule has 4 rings (SSSR count). The zero-order valence-corrected chi connectivity index (χ0v) is 18.5. The van der Waals surface area contributed by atoms with Crippen molar-refractivity contribution in [2.45, 2.75) is 65.8 Å². The molecule has 2 unspecified atom stereocenters. The minimum absolute atomic E-state index is 0.491. The molecule has 3 heterocycles. The van der Waals surface area contributed by atoms with Crippen molar-refractivity contribution in [2.75, 3.05) is 31.1 Å². The molecule has 1 aliphatic carbocycles. The molecule has 29 heavy (non-hydrogen) atoms. The van der Waals surface area contributed by atoms with Crippen LogP contribution >= 0.6 is 0 Å². The van der Waals surface area contributed by atoms with Gasteiger partial charge in [0.25, 0.3) is 0 Å². The third-order valence-electron chi connectivity index (χ3n) is 7.46. The topological polar surface area (TPSA) is 60.9 Å². The van der Waals surface area contributed by atoms with Gasteiger partial charge in [-0.05, 0) is 42.7 Å². The number of nitrogens with one attached hydrogen (secondary N) is 1. The first kappa shape index (κ1) is 20.3. The van der Waals surface area contributed by atoms with Gasteiger partial charge >= 0.3 is 0 Å². The van der Waals surface area contributed by atoms with E-state index in [4.69, 9.17) is 0 Å². The second-order valence-electron chi connectivity index (χ2n) is 9.39. The molecule has 1 saturated heterocycles. The van der Waals surface area contributed by atoms with E-state index in [2.05, 4.69) is 63.7 Å². The summed E-state index contributed by atoms with van der Waals surface area (Å²) >= 11 is 0. The summed E-state index contributed by atoms with van der Waals surface area (Å²) in [4.78, 5) is 14.3. The molecule has 0 bridgehead atoms. The zero-order chi connectivity index (χ0) is 20.4. The standard InChI is InChI=1S/C23H36N6/c1-5-21-25-22(27-26-21)20-10-9-19(16-24-20)29-13-11-28(12-14-29)18-8-7-17(15-18)23(3,4)6-2/h9-10,16-18H,5-8,11-15H2,1-4H3,(H,25,26,27). The summed E-state index contributed by atoms with van der Waals surface area (Å²) < 4.78 is 0. The smallest absolute Gasteiger partial charge is 0.199 e. The molecular formula is C23H36N6. The molecule has 6 nitrogen and oxygen atoms in total. The van der Waals surface area contributed by atoms with E-state index in [0.29, 0.717) is 11.2 Å². The molecule has 2 atom stereocenters. The Balaban J connectivity index is 1.32. The van der Waals surface area contributed by atoms with Crippen molar-refractivity contribution in [1.29, 1.82) is 0 Å². The summed E-state index contributed by atoms with van der Waals surface area (Å²) in [5.74, 6) is 2.47. The fourth-order valence-corrected chi connectivity index (χ4v) is 4.91. The Hall–Kier alpha value is -1.95. The van der Waals surface area contributed by atoms with Crippen molar-refractivity contribution in [1.82, 2.24) is 25.1 Å². The van der Waals surface area contributed by atoms with E-state index in [1.165, 1.54) is 31.4 Å². The molecule has 158 valence electrons. The Bertz CT molecular complexity index is 788. The number of hydrogen-bond donors (Lipinski definition) is 1. The molecule has 0 spiro atoms. The first-order valence-corrected chi connectivity index (χ1v) is 11.4. The summed E-state index contributed by atoms with van der Waals surface area (Å²) in [6.07, 6.45) is 8.27. The maximum atomic E-state index is 4.61. The largest absolute Gasteiger partial charge is 0.368 e. The highest BCUT2D eigenvalue weighted by molar-refractivity contribution is 5.54. The molecule has 0 aromatic carbocycles. The number of aryl methyl sites for hydroxylation is 1. The molecule has 1 saturated carbocycles. The second kappa shape index (κ2) is 8.42. The first-order chi connectivity index (χ1) is 14.0. The van der Waals surface area contributed by atoms with Crippen LogP contribution in [0, 0.1) is 11.3 Å². The number of anilines is 1. The van der Waals surface area contributed by atoms with Gasteiger partial charge in [-0.1, -0.05) is 34.1 Å². The second-order valence-corrected chi connectivity index (χ2v) is 9.39. The summed E-state index contributed by atoms with van der Waals surface area (Å²) in [6, 6.07) is 4.99. The van der Waals surface area contributed by atoms with E-state index in [0.717, 1.165) is 56.1 Å². The fraction of sp³-hybridized carbons (Fsp3) is 0.696. The number of H-pyrrole nitrogens is 1. The lowest BCUT2D eigenvalue weighted by atomic mass is 9.76. The number of pyridine rings is 1. The van der Waals surface area contributed by atoms with Gasteiger partial charge in [-0.15, -0.1) is 0 Å². The molecule has 2 aliphatic rings. The lowest BCUT2D eigenvalue weighted by Gasteiger charge is -2.39. The van der Waals surface area contributed by atoms with Gasteiger partial charge in [0.2, 0.25) is 0 Å². The van der Waals surface area contributed by atoms with Gasteiger partial charge in [0, 0.05) is 38.6 Å². The SMILES string of the molecule is CCc1nc(-c2ccc(N3CCN(C4CCC(C(C)(C)CC)C4)CC3)cn2)n[nH]1. The van der Waals surface area contributed by atoms with Crippen molar-refractivity contribution in [2.24, 2.45) is 11.3 Å². The zero-order valence-electron chi connectivity index (χ0n) is 18.5. The van der Waals surface area contributed by atoms with Crippen LogP contribution in [0.15, 0.2) is 18.3 Å². The molecule has 1 aliphatic heterocycles. The van der Waals surface area contributed by atoms with Gasteiger partial charge in [0.15, 0.2) is 5.82 Å². The summed E-state index contributed by atoms with van der Waals surface area (Å²) in [6.45, 7) is 13.8. The van der Waals surface area contributed by atoms with E-state index in [1.54, 1.807) is 0 Å². The number of aromatic amines is 1. The van der Waals surface area contributed by atoms with Crippen molar-refractivity contribution < 1.29 is 0 Å². The Morgan fingerprint density at radius 1 is 1.10 bits per heavy atom. The molecule has 6 heteroatoms. The highest BCUT2D eigenvalue weighted by atomic mass is 15.3. The van der Waals surface area contributed by atoms with Crippen LogP contribution in [0.2, 0.25) is 0 Å². The van der Waals surface area contributed by atoms with Gasteiger partial charge in [0.1, 0.15) is 11.5 Å². The van der Waals surface area contributed by atoms with Crippen LogP contribution in [0.25, 0.3) is 11.5 Å². The summed E-state index contributed by atoms with van der Waals surface area (Å²) in [7, 11) is 0. The third kappa shape index (κ3) is 4.32. The number of rotatable bonds is 6. The summed E-state index contributed by atoms with van der Waals surface area (Å²) in [5.41, 5.74) is 2.53. The highest BCUT2D eigenvalue weighted by Crippen LogP contribution is 2.43. The van der Waals surface area contributed by atoms with Gasteiger partial charge < -0.3 is 4.90 Å². The Morgan fingerprint density at radius 2 is 1.90 bits per heavy atom. The fourth-order valence-electron chi connectivity index (χ4n) is 4.91. The van der Waals surface area contributed by atoms with E-state index >= 15 is 0 Å². The van der Waals surface area contributed by atoms with E-state index in [-0.39, 0.29) is 0 Å². The van der Waals surface area contributed by atoms with Crippen molar-refractivity contribution in [3.05, 3.63) is 24.2 Å². The lowest BCUT2D eigenvalue weighted by Crippen LogP contribution is -2.50. The molecule has 2 aromatic heterocycles. The van der Waals surface area contributed by atoms with Crippen LogP contribution in [0.4, 0.5) is 5.69 Å². The molecule has 0 amide bonds. The van der Waals surface area contributed by atoms with Crippen LogP contribution in [-0.2, 0) is 6.42 Å². The van der Waals surface area contributed by atoms with Crippen molar-refractivity contribution in [3.8, 4) is 11.5 Å². The van der Waals surface area contributed by atoms with Gasteiger partial charge in [0.05, 0.1) is 11.9 Å². The molecule has 2 fully saturated rings. The predicted octanol–water partition coefficient (Wildman–Crippen LogP) is 4.16. The Kier molecular flexibility index (Phi) is 5.91. The van der Waals surface area contributed by atoms with Crippen LogP contribution in [0.1, 0.15) is 59.2 Å². The molecular weight excluding hydrogens is 360 g/mol. The first-order valence-electron chi connectivity index (χ1n) is 11.4. The van der Waals surface area contributed by atoms with E-state index in [1.807, 2.05) is 12.3 Å². The average Bonchev–Trinajstić information content (AvgIpc) is 3.44. The van der Waals surface area contributed by atoms with Gasteiger partial charge in [-0.25, -0.2) is 4.98 Å². The normalized spacial score (nSPS) is 23.7. The lowest BCUT2D eigenvalue weighted by molar-refractivity contribution is 0.158. The number of aromatic nitrogens is 4. The van der Waals surface area contributed by atoms with E-state index in [9.17, 15) is 0 Å². The van der Waals surface area contributed by atoms with Crippen LogP contribution in [-0.4, -0.2) is 57.3 Å². The Morgan fingerprint density at radius 3 is 2.52 bits per heavy atom. The summed E-state index contributed by atoms with van der Waals surface area (Å²) in [5, 5.41) is 7.23. The Labute approximate surface area is 175 Å². The molecule has 1 N–H and O–H groups in total. The molecule has 2 aromatic rings. The number of hydrogen-bond acceptors (Lipinski definition) is 5. The molecule has 0 radical (unpaired) electrons. The minimum atomic E-state index is 0.491. The van der Waals surface area contributed by atoms with Gasteiger partial charge in [-0.3, -0.25) is 15.0 Å². The maximum absolute atomic E-state index is 4.61. The third-order valence-corrected chi connectivity index (χ3v) is 7.46. The predicted molar refractivity (Wildman–Crippen MR) is 118 cm³/mol. The van der Waals surface area contributed by atoms with Crippen LogP contribution in [0.5, 0.6) is 0 Å². The van der Waals surface area contributed by atoms with Crippen LogP contribution < -0.4 is 4.90 Å². The average molecular weight is 397 g/mol. The van der Waals surface area contributed by atoms with E-state index < -0.39 is 0 Å². The van der Waals surface area contributed by atoms with Crippen LogP contribution in [0.3, 0.4) is 0 Å². The van der Waals surface area contributed by atoms with Gasteiger partial charge in [-0.2, -0.15) is 5.10 Å². The van der Waals surface area contributed by atoms with Crippen molar-refractivity contribution >= 4 is 5.69 Å². The number of nitrogens with zero attached hydrogens (tertiary/aromatic N) is 5. The quantitative estimate of drug-likeness (QED) is 0.794. The van der Waals surface area contributed by atoms with Crippen molar-refractivity contribution in [3.63, 3.8) is 0 Å². The highest BCUT2D eigenvalue weighted by Gasteiger charge is 2.37. The number of piperazine rings is 1.